The highest BCUT2D eigenvalue weighted by molar-refractivity contribution is 7.93. The van der Waals surface area contributed by atoms with Crippen LogP contribution in [0.25, 0.3) is 22.0 Å². The van der Waals surface area contributed by atoms with Gasteiger partial charge in [-0.25, -0.2) is 13.2 Å². The fourth-order valence-electron chi connectivity index (χ4n) is 3.76. The summed E-state index contributed by atoms with van der Waals surface area (Å²) in [6.45, 7) is 1.42. The Morgan fingerprint density at radius 2 is 2.07 bits per heavy atom. The Bertz CT molecular complexity index is 1270. The molecule has 29 heavy (non-hydrogen) atoms. The van der Waals surface area contributed by atoms with E-state index in [-0.39, 0.29) is 16.6 Å². The van der Waals surface area contributed by atoms with Crippen molar-refractivity contribution in [2.24, 2.45) is 0 Å². The second-order valence-corrected chi connectivity index (χ2v) is 9.08. The number of hydrogen-bond donors (Lipinski definition) is 2. The summed E-state index contributed by atoms with van der Waals surface area (Å²) >= 11 is 6.43. The first kappa shape index (κ1) is 18.4. The van der Waals surface area contributed by atoms with E-state index in [9.17, 15) is 13.2 Å². The van der Waals surface area contributed by atoms with Gasteiger partial charge < -0.3 is 10.1 Å². The van der Waals surface area contributed by atoms with E-state index in [1.807, 2.05) is 0 Å². The first-order chi connectivity index (χ1) is 13.9. The summed E-state index contributed by atoms with van der Waals surface area (Å²) in [4.78, 5) is 17.0. The van der Waals surface area contributed by atoms with Crippen LogP contribution in [-0.4, -0.2) is 38.6 Å². The van der Waals surface area contributed by atoms with Crippen LogP contribution in [-0.2, 0) is 14.8 Å². The minimum Gasteiger partial charge on any atom is -0.457 e. The van der Waals surface area contributed by atoms with Gasteiger partial charge in [0.2, 0.25) is 0 Å². The average Bonchev–Trinajstić information content (AvgIpc) is 3.22. The lowest BCUT2D eigenvalue weighted by atomic mass is 9.99. The smallest absolute Gasteiger partial charge is 0.338 e. The molecule has 1 fully saturated rings. The molecular formula is C20H16ClN3O4S. The first-order valence-electron chi connectivity index (χ1n) is 9.10. The molecule has 9 heteroatoms. The number of benzene rings is 2. The number of fused-ring (bicyclic) bond motifs is 5. The van der Waals surface area contributed by atoms with Crippen LogP contribution in [0.2, 0.25) is 5.02 Å². The quantitative estimate of drug-likeness (QED) is 0.607. The minimum atomic E-state index is -3.82. The Labute approximate surface area is 172 Å². The molecule has 2 aromatic carbocycles. The standard InChI is InChI=1S/C20H16ClN3O4S/c21-16-9-15-14-8-11(20(25)28-12-5-7-22-10-12)3-4-17(14)29(26,27)24-19(15)18-13(16)2-1-6-23-18/h1-4,6,8-9,12,22,24H,5,7,10H2. The number of nitrogens with one attached hydrogen (secondary N) is 2. The van der Waals surface area contributed by atoms with Crippen molar-refractivity contribution in [3.05, 3.63) is 53.2 Å². The van der Waals surface area contributed by atoms with Gasteiger partial charge in [-0.05, 0) is 49.4 Å². The number of ether oxygens (including phenoxy) is 1. The Kier molecular flexibility index (Phi) is 4.23. The summed E-state index contributed by atoms with van der Waals surface area (Å²) in [6.07, 6.45) is 2.15. The molecule has 1 aromatic heterocycles. The second-order valence-electron chi connectivity index (χ2n) is 7.02. The predicted octanol–water partition coefficient (Wildman–Crippen LogP) is 3.19. The molecule has 7 nitrogen and oxygen atoms in total. The first-order valence-corrected chi connectivity index (χ1v) is 11.0. The molecule has 1 atom stereocenters. The van der Waals surface area contributed by atoms with Crippen LogP contribution >= 0.6 is 11.6 Å². The van der Waals surface area contributed by atoms with Crippen molar-refractivity contribution in [3.63, 3.8) is 0 Å². The largest absolute Gasteiger partial charge is 0.457 e. The Morgan fingerprint density at radius 1 is 1.21 bits per heavy atom. The molecule has 2 N–H and O–H groups in total. The van der Waals surface area contributed by atoms with E-state index in [2.05, 4.69) is 15.0 Å². The Hall–Kier alpha value is -2.68. The van der Waals surface area contributed by atoms with E-state index in [0.717, 1.165) is 13.0 Å². The lowest BCUT2D eigenvalue weighted by Gasteiger charge is -2.23. The van der Waals surface area contributed by atoms with Gasteiger partial charge in [-0.1, -0.05) is 11.6 Å². The number of sulfonamides is 1. The van der Waals surface area contributed by atoms with E-state index in [1.165, 1.54) is 12.1 Å². The highest BCUT2D eigenvalue weighted by atomic mass is 35.5. The maximum absolute atomic E-state index is 12.8. The van der Waals surface area contributed by atoms with Crippen LogP contribution < -0.4 is 10.0 Å². The molecular weight excluding hydrogens is 414 g/mol. The van der Waals surface area contributed by atoms with Gasteiger partial charge >= 0.3 is 5.97 Å². The number of rotatable bonds is 2. The maximum Gasteiger partial charge on any atom is 0.338 e. The zero-order valence-electron chi connectivity index (χ0n) is 15.1. The molecule has 3 aromatic rings. The number of nitrogens with zero attached hydrogens (tertiary/aromatic N) is 1. The molecule has 0 bridgehead atoms. The van der Waals surface area contributed by atoms with Gasteiger partial charge in [0.05, 0.1) is 26.7 Å². The van der Waals surface area contributed by atoms with Gasteiger partial charge in [0.1, 0.15) is 6.10 Å². The van der Waals surface area contributed by atoms with Gasteiger partial charge in [0, 0.05) is 29.3 Å². The van der Waals surface area contributed by atoms with Crippen LogP contribution in [0.4, 0.5) is 5.69 Å². The van der Waals surface area contributed by atoms with Crippen molar-refractivity contribution in [3.8, 4) is 11.1 Å². The number of halogens is 1. The van der Waals surface area contributed by atoms with Gasteiger partial charge in [0.25, 0.3) is 10.0 Å². The normalized spacial score (nSPS) is 19.3. The van der Waals surface area contributed by atoms with Gasteiger partial charge in [-0.15, -0.1) is 0 Å². The zero-order chi connectivity index (χ0) is 20.2. The van der Waals surface area contributed by atoms with E-state index >= 15 is 0 Å². The Balaban J connectivity index is 1.67. The fourth-order valence-corrected chi connectivity index (χ4v) is 5.31. The fraction of sp³-hybridized carbons (Fsp3) is 0.200. The molecule has 2 aliphatic rings. The summed E-state index contributed by atoms with van der Waals surface area (Å²) in [5.74, 6) is -0.482. The van der Waals surface area contributed by atoms with Crippen molar-refractivity contribution in [1.29, 1.82) is 0 Å². The molecule has 1 unspecified atom stereocenters. The number of carbonyl (C=O) groups excluding carboxylic acids is 1. The van der Waals surface area contributed by atoms with Crippen molar-refractivity contribution in [1.82, 2.24) is 10.3 Å². The molecule has 0 radical (unpaired) electrons. The van der Waals surface area contributed by atoms with E-state index in [4.69, 9.17) is 16.3 Å². The van der Waals surface area contributed by atoms with E-state index in [0.29, 0.717) is 39.3 Å². The molecule has 148 valence electrons. The lowest BCUT2D eigenvalue weighted by molar-refractivity contribution is 0.0344. The molecule has 0 spiro atoms. The van der Waals surface area contributed by atoms with Crippen LogP contribution in [0.1, 0.15) is 16.8 Å². The number of carbonyl (C=O) groups is 1. The Morgan fingerprint density at radius 3 is 2.86 bits per heavy atom. The highest BCUT2D eigenvalue weighted by Crippen LogP contribution is 2.45. The van der Waals surface area contributed by atoms with Crippen LogP contribution in [0.3, 0.4) is 0 Å². The molecule has 5 rings (SSSR count). The van der Waals surface area contributed by atoms with Crippen molar-refractivity contribution in [2.45, 2.75) is 17.4 Å². The molecule has 0 amide bonds. The highest BCUT2D eigenvalue weighted by Gasteiger charge is 2.31. The lowest BCUT2D eigenvalue weighted by Crippen LogP contribution is -2.22. The summed E-state index contributed by atoms with van der Waals surface area (Å²) in [5, 5.41) is 4.23. The topological polar surface area (TPSA) is 97.4 Å². The van der Waals surface area contributed by atoms with Gasteiger partial charge in [-0.3, -0.25) is 9.71 Å². The van der Waals surface area contributed by atoms with E-state index in [1.54, 1.807) is 30.5 Å². The van der Waals surface area contributed by atoms with Crippen LogP contribution in [0, 0.1) is 0 Å². The SMILES string of the molecule is O=C(OC1CCNC1)c1ccc2c(c1)-c1cc(Cl)c3cccnc3c1NS2(=O)=O. The molecule has 0 aliphatic carbocycles. The van der Waals surface area contributed by atoms with E-state index < -0.39 is 16.0 Å². The number of aromatic nitrogens is 1. The third-order valence-corrected chi connectivity index (χ3v) is 6.88. The third kappa shape index (κ3) is 3.04. The zero-order valence-corrected chi connectivity index (χ0v) is 16.7. The summed E-state index contributed by atoms with van der Waals surface area (Å²) in [5.41, 5.74) is 2.06. The molecule has 0 saturated carbocycles. The van der Waals surface area contributed by atoms with Crippen LogP contribution in [0.15, 0.2) is 47.5 Å². The molecule has 2 aliphatic heterocycles. The minimum absolute atomic E-state index is 0.0791. The number of esters is 1. The molecule has 3 heterocycles. The molecule has 1 saturated heterocycles. The maximum atomic E-state index is 12.8. The van der Waals surface area contributed by atoms with Crippen molar-refractivity contribution >= 4 is 44.2 Å². The third-order valence-electron chi connectivity index (χ3n) is 5.16. The van der Waals surface area contributed by atoms with Crippen molar-refractivity contribution in [2.75, 3.05) is 17.8 Å². The summed E-state index contributed by atoms with van der Waals surface area (Å²) < 4.78 is 33.8. The van der Waals surface area contributed by atoms with Gasteiger partial charge in [0.15, 0.2) is 0 Å². The van der Waals surface area contributed by atoms with Gasteiger partial charge in [-0.2, -0.15) is 0 Å². The average molecular weight is 430 g/mol. The second kappa shape index (κ2) is 6.69. The number of hydrogen-bond acceptors (Lipinski definition) is 6. The predicted molar refractivity (Wildman–Crippen MR) is 110 cm³/mol. The van der Waals surface area contributed by atoms with Crippen molar-refractivity contribution < 1.29 is 17.9 Å². The monoisotopic (exact) mass is 429 g/mol. The van der Waals surface area contributed by atoms with Crippen LogP contribution in [0.5, 0.6) is 0 Å². The number of pyridine rings is 1. The summed E-state index contributed by atoms with van der Waals surface area (Å²) in [7, 11) is -3.82. The summed E-state index contributed by atoms with van der Waals surface area (Å²) in [6, 6.07) is 9.63. The number of anilines is 1.